The van der Waals surface area contributed by atoms with Crippen LogP contribution in [0.4, 0.5) is 12.7 Å². The van der Waals surface area contributed by atoms with Gasteiger partial charge in [-0.2, -0.15) is 17.2 Å². The van der Waals surface area contributed by atoms with Crippen LogP contribution in [0.2, 0.25) is 0 Å². The molecule has 0 aliphatic carbocycles. The molecule has 0 N–H and O–H groups in total. The Kier molecular flexibility index (Phi) is 3.98. The smallest absolute Gasteiger partial charge is 0.459 e. The number of esters is 1. The molecule has 0 aliphatic rings. The molecule has 0 fully saturated rings. The van der Waals surface area contributed by atoms with Crippen LogP contribution in [0.3, 0.4) is 0 Å². The number of ether oxygens (including phenoxy) is 1. The minimum Gasteiger partial charge on any atom is -0.459 e. The van der Waals surface area contributed by atoms with Crippen LogP contribution in [-0.2, 0) is 19.8 Å². The molecule has 0 aromatic heterocycles. The van der Waals surface area contributed by atoms with E-state index in [0.717, 1.165) is 0 Å². The second kappa shape index (κ2) is 4.14. The van der Waals surface area contributed by atoms with E-state index < -0.39 is 28.1 Å². The van der Waals surface area contributed by atoms with Gasteiger partial charge < -0.3 is 4.74 Å². The number of rotatable bonds is 4. The molecule has 9 heteroatoms. The SMILES string of the molecule is O=C(OCCCl)C(F)(F)S(=O)(=O)F. The predicted molar refractivity (Wildman–Crippen MR) is 36.7 cm³/mol. The zero-order valence-corrected chi connectivity index (χ0v) is 7.54. The van der Waals surface area contributed by atoms with E-state index in [1.165, 1.54) is 0 Å². The monoisotopic (exact) mass is 240 g/mol. The predicted octanol–water partition coefficient (Wildman–Crippen LogP) is 0.661. The molecular formula is C4H4ClF3O4S. The fraction of sp³-hybridized carbons (Fsp3) is 0.750. The lowest BCUT2D eigenvalue weighted by Crippen LogP contribution is -2.37. The Morgan fingerprint density at radius 2 is 1.92 bits per heavy atom. The number of carbonyl (C=O) groups is 1. The number of carbonyl (C=O) groups excluding carboxylic acids is 1. The summed E-state index contributed by atoms with van der Waals surface area (Å²) >= 11 is 4.94. The van der Waals surface area contributed by atoms with E-state index in [2.05, 4.69) is 4.74 Å². The van der Waals surface area contributed by atoms with Crippen LogP contribution in [-0.4, -0.2) is 32.1 Å². The van der Waals surface area contributed by atoms with Gasteiger partial charge in [0.1, 0.15) is 6.61 Å². The fourth-order valence-electron chi connectivity index (χ4n) is 0.315. The van der Waals surface area contributed by atoms with Crippen molar-refractivity contribution >= 4 is 27.8 Å². The minimum atomic E-state index is -6.28. The summed E-state index contributed by atoms with van der Waals surface area (Å²) < 4.78 is 59.1. The van der Waals surface area contributed by atoms with Crippen molar-refractivity contribution in [2.24, 2.45) is 0 Å². The number of hydrogen-bond acceptors (Lipinski definition) is 4. The quantitative estimate of drug-likeness (QED) is 0.411. The van der Waals surface area contributed by atoms with Gasteiger partial charge in [-0.05, 0) is 0 Å². The van der Waals surface area contributed by atoms with Crippen LogP contribution in [0.5, 0.6) is 0 Å². The first kappa shape index (κ1) is 12.5. The lowest BCUT2D eigenvalue weighted by atomic mass is 10.7. The van der Waals surface area contributed by atoms with Crippen LogP contribution in [0.25, 0.3) is 0 Å². The molecule has 0 atom stereocenters. The average Bonchev–Trinajstić information content (AvgIpc) is 1.97. The zero-order chi connectivity index (χ0) is 10.7. The van der Waals surface area contributed by atoms with Crippen molar-refractivity contribution in [3.63, 3.8) is 0 Å². The lowest BCUT2D eigenvalue weighted by Gasteiger charge is -2.09. The van der Waals surface area contributed by atoms with E-state index >= 15 is 0 Å². The molecule has 0 saturated heterocycles. The van der Waals surface area contributed by atoms with Gasteiger partial charge in [0.15, 0.2) is 0 Å². The summed E-state index contributed by atoms with van der Waals surface area (Å²) in [5.74, 6) is -2.77. The molecule has 0 rings (SSSR count). The second-order valence-corrected chi connectivity index (χ2v) is 3.55. The van der Waals surface area contributed by atoms with Crippen molar-refractivity contribution in [2.45, 2.75) is 5.25 Å². The summed E-state index contributed by atoms with van der Waals surface area (Å²) in [7, 11) is -6.28. The van der Waals surface area contributed by atoms with Crippen LogP contribution >= 0.6 is 11.6 Å². The molecule has 13 heavy (non-hydrogen) atoms. The van der Waals surface area contributed by atoms with Crippen LogP contribution in [0.15, 0.2) is 0 Å². The Labute approximate surface area is 76.8 Å². The van der Waals surface area contributed by atoms with E-state index in [1.807, 2.05) is 0 Å². The summed E-state index contributed by atoms with van der Waals surface area (Å²) in [6.45, 7) is -0.620. The van der Waals surface area contributed by atoms with Crippen LogP contribution in [0, 0.1) is 0 Å². The number of halogens is 4. The van der Waals surface area contributed by atoms with Crippen LogP contribution < -0.4 is 0 Å². The van der Waals surface area contributed by atoms with Gasteiger partial charge in [-0.3, -0.25) is 0 Å². The second-order valence-electron chi connectivity index (χ2n) is 1.78. The van der Waals surface area contributed by atoms with E-state index in [-0.39, 0.29) is 5.88 Å². The van der Waals surface area contributed by atoms with Crippen molar-refractivity contribution in [3.8, 4) is 0 Å². The third-order valence-electron chi connectivity index (χ3n) is 0.854. The highest BCUT2D eigenvalue weighted by atomic mass is 35.5. The van der Waals surface area contributed by atoms with Crippen molar-refractivity contribution in [1.29, 1.82) is 0 Å². The summed E-state index contributed by atoms with van der Waals surface area (Å²) in [6.07, 6.45) is 0. The van der Waals surface area contributed by atoms with E-state index in [0.29, 0.717) is 0 Å². The maximum atomic E-state index is 12.2. The highest BCUT2D eigenvalue weighted by molar-refractivity contribution is 7.88. The Hall–Kier alpha value is -0.500. The molecule has 4 nitrogen and oxygen atoms in total. The average molecular weight is 241 g/mol. The maximum absolute atomic E-state index is 12.2. The molecule has 78 valence electrons. The molecule has 0 heterocycles. The first-order valence-corrected chi connectivity index (χ1v) is 4.70. The minimum absolute atomic E-state index is 0.297. The maximum Gasteiger partial charge on any atom is 0.470 e. The van der Waals surface area contributed by atoms with Gasteiger partial charge in [-0.25, -0.2) is 4.79 Å². The van der Waals surface area contributed by atoms with Crippen molar-refractivity contribution in [3.05, 3.63) is 0 Å². The Morgan fingerprint density at radius 3 is 2.23 bits per heavy atom. The molecule has 0 aromatic carbocycles. The van der Waals surface area contributed by atoms with Gasteiger partial charge in [0, 0.05) is 0 Å². The molecular weight excluding hydrogens is 237 g/mol. The summed E-state index contributed by atoms with van der Waals surface area (Å²) in [4.78, 5) is 10.2. The molecule has 0 spiro atoms. The molecule has 0 amide bonds. The van der Waals surface area contributed by atoms with Gasteiger partial charge in [0.05, 0.1) is 5.88 Å². The third kappa shape index (κ3) is 3.03. The Balaban J connectivity index is 4.57. The van der Waals surface area contributed by atoms with Gasteiger partial charge in [-0.1, -0.05) is 3.89 Å². The standard InChI is InChI=1S/C4H4ClF3O4S/c5-1-2-12-3(9)4(6,7)13(8,10)11/h1-2H2. The van der Waals surface area contributed by atoms with Crippen molar-refractivity contribution in [2.75, 3.05) is 12.5 Å². The lowest BCUT2D eigenvalue weighted by molar-refractivity contribution is -0.160. The highest BCUT2D eigenvalue weighted by Crippen LogP contribution is 2.24. The first-order chi connectivity index (χ1) is 5.73. The Bertz CT molecular complexity index is 288. The topological polar surface area (TPSA) is 60.4 Å². The zero-order valence-electron chi connectivity index (χ0n) is 5.97. The van der Waals surface area contributed by atoms with Gasteiger partial charge >= 0.3 is 21.4 Å². The van der Waals surface area contributed by atoms with Crippen molar-refractivity contribution in [1.82, 2.24) is 0 Å². The van der Waals surface area contributed by atoms with Gasteiger partial charge in [-0.15, -0.1) is 11.6 Å². The number of hydrogen-bond donors (Lipinski definition) is 0. The van der Waals surface area contributed by atoms with Crippen LogP contribution in [0.1, 0.15) is 0 Å². The van der Waals surface area contributed by atoms with E-state index in [4.69, 9.17) is 11.6 Å². The molecule has 0 radical (unpaired) electrons. The van der Waals surface area contributed by atoms with E-state index in [9.17, 15) is 25.9 Å². The van der Waals surface area contributed by atoms with Gasteiger partial charge in [0.2, 0.25) is 0 Å². The summed E-state index contributed by atoms with van der Waals surface area (Å²) in [5, 5.41) is -5.17. The molecule has 0 aromatic rings. The summed E-state index contributed by atoms with van der Waals surface area (Å²) in [6, 6.07) is 0. The van der Waals surface area contributed by atoms with Crippen molar-refractivity contribution < 1.29 is 30.6 Å². The molecule has 0 bridgehead atoms. The molecule has 0 unspecified atom stereocenters. The molecule has 0 aliphatic heterocycles. The summed E-state index contributed by atoms with van der Waals surface area (Å²) in [5.41, 5.74) is 0. The normalized spacial score (nSPS) is 12.6. The van der Waals surface area contributed by atoms with Gasteiger partial charge in [0.25, 0.3) is 0 Å². The first-order valence-electron chi connectivity index (χ1n) is 2.78. The fourth-order valence-corrected chi connectivity index (χ4v) is 0.650. The largest absolute Gasteiger partial charge is 0.470 e. The highest BCUT2D eigenvalue weighted by Gasteiger charge is 2.55. The third-order valence-corrected chi connectivity index (χ3v) is 1.79. The van der Waals surface area contributed by atoms with E-state index in [1.54, 1.807) is 0 Å². The number of alkyl halides is 3. The molecule has 0 saturated carbocycles. The Morgan fingerprint density at radius 1 is 1.46 bits per heavy atom.